The smallest absolute Gasteiger partial charge is 0.242 e. The van der Waals surface area contributed by atoms with Crippen LogP contribution in [0.3, 0.4) is 0 Å². The molecule has 10 heteroatoms. The van der Waals surface area contributed by atoms with Crippen LogP contribution in [0.25, 0.3) is 0 Å². The van der Waals surface area contributed by atoms with Gasteiger partial charge >= 0.3 is 0 Å². The molecule has 120 valence electrons. The fraction of sp³-hybridized carbons (Fsp3) is 0.455. The SMILES string of the molecule is CC(C)(CNS(=O)(=O)c1cc(Cl)ccc1N)NS(C)(=O)=O. The Balaban J connectivity index is 2.94. The molecule has 0 fully saturated rings. The van der Waals surface area contributed by atoms with Crippen molar-refractivity contribution in [3.63, 3.8) is 0 Å². The minimum Gasteiger partial charge on any atom is -0.398 e. The van der Waals surface area contributed by atoms with Crippen LogP contribution in [-0.2, 0) is 20.0 Å². The molecule has 0 aliphatic rings. The zero-order chi connectivity index (χ0) is 16.5. The number of nitrogens with two attached hydrogens (primary N) is 1. The molecule has 0 saturated heterocycles. The second-order valence-electron chi connectivity index (χ2n) is 5.26. The normalized spacial score (nSPS) is 13.3. The van der Waals surface area contributed by atoms with Crippen LogP contribution in [0.5, 0.6) is 0 Å². The van der Waals surface area contributed by atoms with Crippen molar-refractivity contribution in [1.29, 1.82) is 0 Å². The third-order valence-corrected chi connectivity index (χ3v) is 5.05. The van der Waals surface area contributed by atoms with Crippen molar-refractivity contribution in [1.82, 2.24) is 9.44 Å². The molecule has 0 amide bonds. The van der Waals surface area contributed by atoms with E-state index >= 15 is 0 Å². The van der Waals surface area contributed by atoms with Crippen molar-refractivity contribution in [3.8, 4) is 0 Å². The fourth-order valence-corrected chi connectivity index (χ4v) is 4.31. The molecule has 0 atom stereocenters. The van der Waals surface area contributed by atoms with Crippen molar-refractivity contribution >= 4 is 37.3 Å². The van der Waals surface area contributed by atoms with Gasteiger partial charge in [0.25, 0.3) is 0 Å². The molecular formula is C11H18ClN3O4S2. The maximum atomic E-state index is 12.2. The van der Waals surface area contributed by atoms with E-state index in [1.807, 2.05) is 0 Å². The van der Waals surface area contributed by atoms with Gasteiger partial charge in [-0.1, -0.05) is 11.6 Å². The fourth-order valence-electron chi connectivity index (χ4n) is 1.63. The van der Waals surface area contributed by atoms with Crippen LogP contribution in [0.15, 0.2) is 23.1 Å². The molecule has 1 rings (SSSR count). The quantitative estimate of drug-likeness (QED) is 0.643. The Morgan fingerprint density at radius 2 is 1.81 bits per heavy atom. The lowest BCUT2D eigenvalue weighted by atomic mass is 10.1. The van der Waals surface area contributed by atoms with Gasteiger partial charge in [-0.25, -0.2) is 26.3 Å². The number of sulfonamides is 2. The summed E-state index contributed by atoms with van der Waals surface area (Å²) in [4.78, 5) is -0.148. The average molecular weight is 356 g/mol. The van der Waals surface area contributed by atoms with E-state index in [0.29, 0.717) is 0 Å². The molecule has 0 aliphatic carbocycles. The van der Waals surface area contributed by atoms with Crippen LogP contribution in [-0.4, -0.2) is 35.2 Å². The number of rotatable bonds is 6. The maximum Gasteiger partial charge on any atom is 0.242 e. The lowest BCUT2D eigenvalue weighted by Crippen LogP contribution is -2.50. The Morgan fingerprint density at radius 1 is 1.24 bits per heavy atom. The summed E-state index contributed by atoms with van der Waals surface area (Å²) >= 11 is 5.76. The van der Waals surface area contributed by atoms with Gasteiger partial charge in [0.05, 0.1) is 11.9 Å². The minimum atomic E-state index is -3.90. The number of anilines is 1. The van der Waals surface area contributed by atoms with E-state index in [-0.39, 0.29) is 22.2 Å². The van der Waals surface area contributed by atoms with Gasteiger partial charge < -0.3 is 5.73 Å². The maximum absolute atomic E-state index is 12.2. The lowest BCUT2D eigenvalue weighted by molar-refractivity contribution is 0.446. The summed E-state index contributed by atoms with van der Waals surface area (Å²) < 4.78 is 51.5. The number of hydrogen-bond donors (Lipinski definition) is 3. The molecule has 1 aromatic rings. The predicted octanol–water partition coefficient (Wildman–Crippen LogP) is 0.528. The number of halogens is 1. The summed E-state index contributed by atoms with van der Waals surface area (Å²) in [7, 11) is -7.36. The predicted molar refractivity (Wildman–Crippen MR) is 83.1 cm³/mol. The Bertz CT molecular complexity index is 730. The Labute approximate surface area is 130 Å². The van der Waals surface area contributed by atoms with E-state index in [1.54, 1.807) is 13.8 Å². The van der Waals surface area contributed by atoms with Crippen LogP contribution >= 0.6 is 11.6 Å². The lowest BCUT2D eigenvalue weighted by Gasteiger charge is -2.25. The van der Waals surface area contributed by atoms with Gasteiger partial charge in [-0.3, -0.25) is 0 Å². The standard InChI is InChI=1S/C11H18ClN3O4S2/c1-11(2,15-20(3,16)17)7-14-21(18,19)10-6-8(12)4-5-9(10)13/h4-6,14-15H,7,13H2,1-3H3. The van der Waals surface area contributed by atoms with Gasteiger partial charge in [0, 0.05) is 17.1 Å². The second-order valence-corrected chi connectivity index (χ2v) is 9.19. The van der Waals surface area contributed by atoms with E-state index < -0.39 is 25.6 Å². The van der Waals surface area contributed by atoms with Crippen molar-refractivity contribution in [2.75, 3.05) is 18.5 Å². The van der Waals surface area contributed by atoms with Crippen LogP contribution < -0.4 is 15.2 Å². The molecule has 21 heavy (non-hydrogen) atoms. The van der Waals surface area contributed by atoms with Gasteiger partial charge in [-0.15, -0.1) is 0 Å². The topological polar surface area (TPSA) is 118 Å². The molecule has 0 saturated carbocycles. The molecule has 0 radical (unpaired) electrons. The molecule has 1 aromatic carbocycles. The molecule has 0 spiro atoms. The molecule has 7 nitrogen and oxygen atoms in total. The first kappa shape index (κ1) is 18.2. The van der Waals surface area contributed by atoms with Gasteiger partial charge in [0.2, 0.25) is 20.0 Å². The number of hydrogen-bond acceptors (Lipinski definition) is 5. The van der Waals surface area contributed by atoms with E-state index in [2.05, 4.69) is 9.44 Å². The van der Waals surface area contributed by atoms with E-state index in [9.17, 15) is 16.8 Å². The summed E-state index contributed by atoms with van der Waals surface area (Å²) in [6, 6.07) is 4.10. The second kappa shape index (κ2) is 6.09. The summed E-state index contributed by atoms with van der Waals surface area (Å²) in [6.07, 6.45) is 0.998. The zero-order valence-electron chi connectivity index (χ0n) is 11.8. The summed E-state index contributed by atoms with van der Waals surface area (Å²) in [5.41, 5.74) is 4.69. The molecule has 0 bridgehead atoms. The van der Waals surface area contributed by atoms with E-state index in [1.165, 1.54) is 18.2 Å². The number of nitrogens with one attached hydrogen (secondary N) is 2. The minimum absolute atomic E-state index is 0.0563. The van der Waals surface area contributed by atoms with Crippen LogP contribution in [0, 0.1) is 0 Å². The molecule has 4 N–H and O–H groups in total. The Kier molecular flexibility index (Phi) is 5.27. The highest BCUT2D eigenvalue weighted by Gasteiger charge is 2.26. The van der Waals surface area contributed by atoms with Gasteiger partial charge in [0.1, 0.15) is 4.90 Å². The van der Waals surface area contributed by atoms with E-state index in [0.717, 1.165) is 6.26 Å². The van der Waals surface area contributed by atoms with Gasteiger partial charge in [0.15, 0.2) is 0 Å². The van der Waals surface area contributed by atoms with Crippen molar-refractivity contribution in [2.24, 2.45) is 0 Å². The largest absolute Gasteiger partial charge is 0.398 e. The first-order chi connectivity index (χ1) is 9.32. The van der Waals surface area contributed by atoms with Crippen molar-refractivity contribution in [2.45, 2.75) is 24.3 Å². The number of benzene rings is 1. The highest BCUT2D eigenvalue weighted by atomic mass is 35.5. The first-order valence-electron chi connectivity index (χ1n) is 5.86. The third-order valence-electron chi connectivity index (χ3n) is 2.43. The van der Waals surface area contributed by atoms with Crippen LogP contribution in [0.1, 0.15) is 13.8 Å². The summed E-state index contributed by atoms with van der Waals surface area (Å²) in [5, 5.41) is 0.234. The molecule has 0 heterocycles. The summed E-state index contributed by atoms with van der Waals surface area (Å²) in [6.45, 7) is 2.96. The highest BCUT2D eigenvalue weighted by Crippen LogP contribution is 2.22. The molecule has 0 aliphatic heterocycles. The van der Waals surface area contributed by atoms with E-state index in [4.69, 9.17) is 17.3 Å². The van der Waals surface area contributed by atoms with Crippen molar-refractivity contribution < 1.29 is 16.8 Å². The van der Waals surface area contributed by atoms with Crippen LogP contribution in [0.4, 0.5) is 5.69 Å². The highest BCUT2D eigenvalue weighted by molar-refractivity contribution is 7.89. The van der Waals surface area contributed by atoms with Gasteiger partial charge in [-0.2, -0.15) is 0 Å². The molecule has 0 aromatic heterocycles. The zero-order valence-corrected chi connectivity index (χ0v) is 14.2. The third kappa shape index (κ3) is 5.79. The first-order valence-corrected chi connectivity index (χ1v) is 9.61. The average Bonchev–Trinajstić information content (AvgIpc) is 2.27. The molecule has 0 unspecified atom stereocenters. The van der Waals surface area contributed by atoms with Crippen molar-refractivity contribution in [3.05, 3.63) is 23.2 Å². The van der Waals surface area contributed by atoms with Crippen LogP contribution in [0.2, 0.25) is 5.02 Å². The Hall–Kier alpha value is -0.870. The Morgan fingerprint density at radius 3 is 2.33 bits per heavy atom. The number of nitrogen functional groups attached to an aromatic ring is 1. The molecular weight excluding hydrogens is 338 g/mol. The summed E-state index contributed by atoms with van der Waals surface area (Å²) in [5.74, 6) is 0. The monoisotopic (exact) mass is 355 g/mol. The van der Waals surface area contributed by atoms with Gasteiger partial charge in [-0.05, 0) is 32.0 Å².